The van der Waals surface area contributed by atoms with Gasteiger partial charge in [0.2, 0.25) is 0 Å². The fraction of sp³-hybridized carbons (Fsp3) is 0.438. The van der Waals surface area contributed by atoms with Crippen LogP contribution in [0, 0.1) is 5.92 Å². The number of nitrogens with zero attached hydrogens (tertiary/aromatic N) is 2. The Bertz CT molecular complexity index is 535. The third-order valence-electron chi connectivity index (χ3n) is 4.21. The van der Waals surface area contributed by atoms with Crippen molar-refractivity contribution >= 4 is 5.69 Å². The van der Waals surface area contributed by atoms with Crippen molar-refractivity contribution < 1.29 is 0 Å². The summed E-state index contributed by atoms with van der Waals surface area (Å²) >= 11 is 0. The van der Waals surface area contributed by atoms with Gasteiger partial charge >= 0.3 is 0 Å². The average Bonchev–Trinajstić information content (AvgIpc) is 3.02. The molecular weight excluding hydrogens is 248 g/mol. The lowest BCUT2D eigenvalue weighted by molar-refractivity contribution is 0.332. The number of rotatable bonds is 4. The van der Waals surface area contributed by atoms with Crippen LogP contribution in [0.3, 0.4) is 0 Å². The Hall–Kier alpha value is -1.81. The molecule has 0 spiro atoms. The molecule has 1 saturated carbocycles. The average molecular weight is 270 g/mol. The minimum absolute atomic E-state index is 0.506. The van der Waals surface area contributed by atoms with Gasteiger partial charge in [0.1, 0.15) is 0 Å². The molecule has 1 heterocycles. The molecule has 2 unspecified atom stereocenters. The third-order valence-corrected chi connectivity index (χ3v) is 4.21. The zero-order valence-corrected chi connectivity index (χ0v) is 11.7. The fourth-order valence-electron chi connectivity index (χ4n) is 3.06. The largest absolute Gasteiger partial charge is 0.382 e. The Morgan fingerprint density at radius 2 is 2.20 bits per heavy atom. The van der Waals surface area contributed by atoms with Gasteiger partial charge in [0.15, 0.2) is 0 Å². The number of hydrogen-bond donors (Lipinski definition) is 2. The second kappa shape index (κ2) is 6.09. The SMILES string of the molecule is NCC1CCCCC1Nc1cccc(-n2ccnc2)c1. The number of aromatic nitrogens is 2. The second-order valence-electron chi connectivity index (χ2n) is 5.55. The highest BCUT2D eigenvalue weighted by Crippen LogP contribution is 2.27. The van der Waals surface area contributed by atoms with Crippen LogP contribution in [0.4, 0.5) is 5.69 Å². The highest BCUT2D eigenvalue weighted by Gasteiger charge is 2.23. The Morgan fingerprint density at radius 3 is 3.00 bits per heavy atom. The predicted molar refractivity (Wildman–Crippen MR) is 82.0 cm³/mol. The Morgan fingerprint density at radius 1 is 1.30 bits per heavy atom. The van der Waals surface area contributed by atoms with Gasteiger partial charge < -0.3 is 15.6 Å². The van der Waals surface area contributed by atoms with Crippen LogP contribution in [0.5, 0.6) is 0 Å². The molecule has 0 radical (unpaired) electrons. The summed E-state index contributed by atoms with van der Waals surface area (Å²) in [6.07, 6.45) is 10.7. The Labute approximate surface area is 120 Å². The van der Waals surface area contributed by atoms with Crippen molar-refractivity contribution in [3.8, 4) is 5.69 Å². The maximum absolute atomic E-state index is 5.90. The van der Waals surface area contributed by atoms with E-state index in [0.717, 1.165) is 12.2 Å². The predicted octanol–water partition coefficient (Wildman–Crippen LogP) is 2.80. The van der Waals surface area contributed by atoms with E-state index in [9.17, 15) is 0 Å². The van der Waals surface area contributed by atoms with Crippen LogP contribution in [-0.2, 0) is 0 Å². The molecule has 1 aromatic carbocycles. The minimum Gasteiger partial charge on any atom is -0.382 e. The van der Waals surface area contributed by atoms with Gasteiger partial charge in [-0.15, -0.1) is 0 Å². The molecule has 1 aromatic heterocycles. The van der Waals surface area contributed by atoms with E-state index in [2.05, 4.69) is 34.6 Å². The van der Waals surface area contributed by atoms with Crippen molar-refractivity contribution in [3.05, 3.63) is 43.0 Å². The lowest BCUT2D eigenvalue weighted by atomic mass is 9.84. The van der Waals surface area contributed by atoms with E-state index < -0.39 is 0 Å². The zero-order valence-electron chi connectivity index (χ0n) is 11.7. The molecule has 4 heteroatoms. The van der Waals surface area contributed by atoms with E-state index in [-0.39, 0.29) is 0 Å². The molecule has 1 aliphatic carbocycles. The van der Waals surface area contributed by atoms with Gasteiger partial charge in [-0.3, -0.25) is 0 Å². The van der Waals surface area contributed by atoms with Crippen LogP contribution < -0.4 is 11.1 Å². The summed E-state index contributed by atoms with van der Waals surface area (Å²) in [6.45, 7) is 0.777. The smallest absolute Gasteiger partial charge is 0.0991 e. The summed E-state index contributed by atoms with van der Waals surface area (Å²) in [4.78, 5) is 4.10. The number of nitrogens with one attached hydrogen (secondary N) is 1. The molecule has 0 aliphatic heterocycles. The molecule has 0 saturated heterocycles. The Balaban J connectivity index is 1.75. The van der Waals surface area contributed by atoms with Crippen LogP contribution in [0.25, 0.3) is 5.69 Å². The van der Waals surface area contributed by atoms with Crippen molar-refractivity contribution in [1.82, 2.24) is 9.55 Å². The molecular formula is C16H22N4. The number of anilines is 1. The zero-order chi connectivity index (χ0) is 13.8. The number of hydrogen-bond acceptors (Lipinski definition) is 3. The molecule has 1 aliphatic rings. The standard InChI is InChI=1S/C16H22N4/c17-11-13-4-1-2-7-16(13)19-14-5-3-6-15(10-14)20-9-8-18-12-20/h3,5-6,8-10,12-13,16,19H,1-2,4,7,11,17H2. The van der Waals surface area contributed by atoms with Gasteiger partial charge in [0, 0.05) is 29.8 Å². The molecule has 3 rings (SSSR count). The molecule has 20 heavy (non-hydrogen) atoms. The Kier molecular flexibility index (Phi) is 4.02. The normalized spacial score (nSPS) is 22.6. The lowest BCUT2D eigenvalue weighted by Gasteiger charge is -2.32. The summed E-state index contributed by atoms with van der Waals surface area (Å²) in [5.74, 6) is 0.598. The lowest BCUT2D eigenvalue weighted by Crippen LogP contribution is -2.36. The first-order valence-electron chi connectivity index (χ1n) is 7.42. The van der Waals surface area contributed by atoms with Gasteiger partial charge in [0.05, 0.1) is 6.33 Å². The number of benzene rings is 1. The maximum Gasteiger partial charge on any atom is 0.0991 e. The number of nitrogens with two attached hydrogens (primary N) is 1. The summed E-state index contributed by atoms with van der Waals surface area (Å²) in [7, 11) is 0. The summed E-state index contributed by atoms with van der Waals surface area (Å²) in [5.41, 5.74) is 8.20. The van der Waals surface area contributed by atoms with Crippen molar-refractivity contribution in [2.45, 2.75) is 31.7 Å². The van der Waals surface area contributed by atoms with E-state index in [1.165, 1.54) is 31.4 Å². The monoisotopic (exact) mass is 270 g/mol. The van der Waals surface area contributed by atoms with Gasteiger partial charge in [-0.05, 0) is 43.5 Å². The van der Waals surface area contributed by atoms with Crippen LogP contribution in [0.1, 0.15) is 25.7 Å². The topological polar surface area (TPSA) is 55.9 Å². The quantitative estimate of drug-likeness (QED) is 0.898. The van der Waals surface area contributed by atoms with Gasteiger partial charge in [-0.1, -0.05) is 18.9 Å². The first-order valence-corrected chi connectivity index (χ1v) is 7.42. The molecule has 3 N–H and O–H groups in total. The van der Waals surface area contributed by atoms with Crippen LogP contribution in [0.15, 0.2) is 43.0 Å². The first kappa shape index (κ1) is 13.2. The third kappa shape index (κ3) is 2.85. The molecule has 1 fully saturated rings. The summed E-state index contributed by atoms with van der Waals surface area (Å²) in [5, 5.41) is 3.67. The van der Waals surface area contributed by atoms with Gasteiger partial charge in [-0.25, -0.2) is 4.98 Å². The van der Waals surface area contributed by atoms with E-state index in [0.29, 0.717) is 12.0 Å². The molecule has 106 valence electrons. The molecule has 0 amide bonds. The van der Waals surface area contributed by atoms with Crippen molar-refractivity contribution in [1.29, 1.82) is 0 Å². The second-order valence-corrected chi connectivity index (χ2v) is 5.55. The minimum atomic E-state index is 0.506. The summed E-state index contributed by atoms with van der Waals surface area (Å²) < 4.78 is 2.02. The van der Waals surface area contributed by atoms with E-state index >= 15 is 0 Å². The van der Waals surface area contributed by atoms with Gasteiger partial charge in [-0.2, -0.15) is 0 Å². The molecule has 2 aromatic rings. The van der Waals surface area contributed by atoms with Gasteiger partial charge in [0.25, 0.3) is 0 Å². The van der Waals surface area contributed by atoms with E-state index in [1.54, 1.807) is 6.20 Å². The highest BCUT2D eigenvalue weighted by molar-refractivity contribution is 5.51. The maximum atomic E-state index is 5.90. The van der Waals surface area contributed by atoms with Crippen LogP contribution in [0.2, 0.25) is 0 Å². The first-order chi connectivity index (χ1) is 9.86. The number of imidazole rings is 1. The van der Waals surface area contributed by atoms with Crippen molar-refractivity contribution in [2.24, 2.45) is 11.7 Å². The molecule has 0 bridgehead atoms. The van der Waals surface area contributed by atoms with Crippen molar-refractivity contribution in [3.63, 3.8) is 0 Å². The molecule has 4 nitrogen and oxygen atoms in total. The highest BCUT2D eigenvalue weighted by atomic mass is 15.0. The van der Waals surface area contributed by atoms with Crippen LogP contribution >= 0.6 is 0 Å². The summed E-state index contributed by atoms with van der Waals surface area (Å²) in [6, 6.07) is 8.98. The van der Waals surface area contributed by atoms with Crippen molar-refractivity contribution in [2.75, 3.05) is 11.9 Å². The molecule has 2 atom stereocenters. The van der Waals surface area contributed by atoms with E-state index in [1.807, 2.05) is 17.1 Å². The fourth-order valence-corrected chi connectivity index (χ4v) is 3.06. The van der Waals surface area contributed by atoms with Crippen LogP contribution in [-0.4, -0.2) is 22.1 Å². The van der Waals surface area contributed by atoms with E-state index in [4.69, 9.17) is 5.73 Å².